The third-order valence-corrected chi connectivity index (χ3v) is 2.05. The van der Waals surface area contributed by atoms with Crippen molar-refractivity contribution >= 4 is 17.0 Å². The Balaban J connectivity index is 4.04. The average Bonchev–Trinajstić information content (AvgIpc) is 2.04. The summed E-state index contributed by atoms with van der Waals surface area (Å²) >= 11 is -1.47. The fourth-order valence-corrected chi connectivity index (χ4v) is 1.02. The summed E-state index contributed by atoms with van der Waals surface area (Å²) in [5.41, 5.74) is 0.513. The quantitative estimate of drug-likeness (QED) is 0.632. The van der Waals surface area contributed by atoms with E-state index in [0.29, 0.717) is 11.3 Å². The Labute approximate surface area is 75.5 Å². The third kappa shape index (κ3) is 4.28. The van der Waals surface area contributed by atoms with Gasteiger partial charge in [0.2, 0.25) is 11.1 Å². The predicted octanol–water partition coefficient (Wildman–Crippen LogP) is 1.57. The standard InChI is InChI=1S/C8H14O3S/c1-4-6-7(3)8(9)11-12(10)5-2/h6H,4-5H2,1-3H3. The maximum Gasteiger partial charge on any atom is 0.347 e. The molecule has 0 heterocycles. The van der Waals surface area contributed by atoms with Crippen molar-refractivity contribution in [1.82, 2.24) is 0 Å². The van der Waals surface area contributed by atoms with Crippen LogP contribution in [0.1, 0.15) is 27.2 Å². The molecular weight excluding hydrogens is 176 g/mol. The molecule has 0 radical (unpaired) electrons. The van der Waals surface area contributed by atoms with Crippen LogP contribution in [0.5, 0.6) is 0 Å². The van der Waals surface area contributed by atoms with Crippen molar-refractivity contribution in [2.24, 2.45) is 0 Å². The van der Waals surface area contributed by atoms with E-state index in [1.54, 1.807) is 19.9 Å². The van der Waals surface area contributed by atoms with Gasteiger partial charge in [0.05, 0.1) is 5.75 Å². The summed E-state index contributed by atoms with van der Waals surface area (Å²) in [5.74, 6) is -0.150. The van der Waals surface area contributed by atoms with Crippen LogP contribution in [0.15, 0.2) is 11.6 Å². The molecule has 0 aromatic heterocycles. The van der Waals surface area contributed by atoms with Gasteiger partial charge in [0, 0.05) is 5.57 Å². The number of hydrogen-bond donors (Lipinski definition) is 0. The summed E-state index contributed by atoms with van der Waals surface area (Å²) in [7, 11) is 0. The molecule has 0 spiro atoms. The number of rotatable bonds is 4. The fourth-order valence-electron chi connectivity index (χ4n) is 0.599. The van der Waals surface area contributed by atoms with Crippen LogP contribution in [0, 0.1) is 0 Å². The zero-order valence-electron chi connectivity index (χ0n) is 7.62. The molecule has 0 bridgehead atoms. The zero-order valence-corrected chi connectivity index (χ0v) is 8.44. The van der Waals surface area contributed by atoms with E-state index < -0.39 is 17.0 Å². The Morgan fingerprint density at radius 1 is 1.50 bits per heavy atom. The van der Waals surface area contributed by atoms with Crippen molar-refractivity contribution in [1.29, 1.82) is 0 Å². The fraction of sp³-hybridized carbons (Fsp3) is 0.625. The molecule has 0 aliphatic heterocycles. The van der Waals surface area contributed by atoms with Crippen molar-refractivity contribution in [3.05, 3.63) is 11.6 Å². The Morgan fingerprint density at radius 3 is 2.50 bits per heavy atom. The van der Waals surface area contributed by atoms with Gasteiger partial charge in [0.25, 0.3) is 0 Å². The van der Waals surface area contributed by atoms with Gasteiger partial charge in [-0.05, 0) is 13.3 Å². The monoisotopic (exact) mass is 190 g/mol. The highest BCUT2D eigenvalue weighted by molar-refractivity contribution is 7.80. The van der Waals surface area contributed by atoms with Crippen molar-refractivity contribution < 1.29 is 13.2 Å². The maximum absolute atomic E-state index is 11.0. The Kier molecular flexibility index (Phi) is 5.62. The molecule has 0 amide bonds. The van der Waals surface area contributed by atoms with Gasteiger partial charge in [-0.2, -0.15) is 0 Å². The molecule has 0 N–H and O–H groups in total. The van der Waals surface area contributed by atoms with Gasteiger partial charge in [0.1, 0.15) is 0 Å². The lowest BCUT2D eigenvalue weighted by molar-refractivity contribution is -0.129. The third-order valence-electron chi connectivity index (χ3n) is 1.24. The van der Waals surface area contributed by atoms with E-state index in [1.807, 2.05) is 6.92 Å². The number of carbonyl (C=O) groups is 1. The van der Waals surface area contributed by atoms with Crippen LogP contribution in [-0.2, 0) is 20.1 Å². The van der Waals surface area contributed by atoms with Crippen LogP contribution in [0.2, 0.25) is 0 Å². The molecule has 0 saturated heterocycles. The van der Waals surface area contributed by atoms with Crippen LogP contribution < -0.4 is 0 Å². The second-order valence-corrected chi connectivity index (χ2v) is 3.61. The second kappa shape index (κ2) is 5.94. The maximum atomic E-state index is 11.0. The summed E-state index contributed by atoms with van der Waals surface area (Å²) in [5, 5.41) is 0. The Hall–Kier alpha value is -0.640. The normalized spacial score (nSPS) is 14.1. The van der Waals surface area contributed by atoms with Gasteiger partial charge in [-0.3, -0.25) is 0 Å². The summed E-state index contributed by atoms with van der Waals surface area (Å²) in [6.45, 7) is 5.27. The lowest BCUT2D eigenvalue weighted by Gasteiger charge is -2.00. The Morgan fingerprint density at radius 2 is 2.08 bits per heavy atom. The van der Waals surface area contributed by atoms with Gasteiger partial charge in [-0.15, -0.1) is 0 Å². The van der Waals surface area contributed by atoms with E-state index in [1.165, 1.54) is 0 Å². The molecule has 0 saturated carbocycles. The minimum Gasteiger partial charge on any atom is -0.360 e. The summed E-state index contributed by atoms with van der Waals surface area (Å²) in [6.07, 6.45) is 2.52. The summed E-state index contributed by atoms with van der Waals surface area (Å²) < 4.78 is 15.4. The van der Waals surface area contributed by atoms with E-state index >= 15 is 0 Å². The molecule has 0 aliphatic rings. The van der Waals surface area contributed by atoms with Crippen molar-refractivity contribution in [3.8, 4) is 0 Å². The van der Waals surface area contributed by atoms with Crippen LogP contribution in [0.3, 0.4) is 0 Å². The van der Waals surface area contributed by atoms with E-state index in [-0.39, 0.29) is 0 Å². The minimum atomic E-state index is -1.47. The number of allylic oxidation sites excluding steroid dienone is 1. The molecule has 1 unspecified atom stereocenters. The molecule has 0 aromatic rings. The highest BCUT2D eigenvalue weighted by Crippen LogP contribution is 2.00. The average molecular weight is 190 g/mol. The predicted molar refractivity (Wildman–Crippen MR) is 48.8 cm³/mol. The van der Waals surface area contributed by atoms with E-state index in [4.69, 9.17) is 0 Å². The molecule has 3 nitrogen and oxygen atoms in total. The van der Waals surface area contributed by atoms with E-state index in [0.717, 1.165) is 6.42 Å². The smallest absolute Gasteiger partial charge is 0.347 e. The highest BCUT2D eigenvalue weighted by Gasteiger charge is 2.08. The van der Waals surface area contributed by atoms with Gasteiger partial charge in [0.15, 0.2) is 0 Å². The van der Waals surface area contributed by atoms with Crippen LogP contribution in [0.25, 0.3) is 0 Å². The van der Waals surface area contributed by atoms with E-state index in [2.05, 4.69) is 4.18 Å². The van der Waals surface area contributed by atoms with Crippen molar-refractivity contribution in [2.75, 3.05) is 5.75 Å². The SMILES string of the molecule is CCC=C(C)C(=O)OS(=O)CC. The Bertz CT molecular complexity index is 208. The molecule has 70 valence electrons. The zero-order chi connectivity index (χ0) is 9.56. The lowest BCUT2D eigenvalue weighted by Crippen LogP contribution is -2.09. The first-order valence-electron chi connectivity index (χ1n) is 3.89. The largest absolute Gasteiger partial charge is 0.360 e. The second-order valence-electron chi connectivity index (χ2n) is 2.26. The topological polar surface area (TPSA) is 43.4 Å². The van der Waals surface area contributed by atoms with Crippen LogP contribution in [0.4, 0.5) is 0 Å². The molecule has 1 atom stereocenters. The van der Waals surface area contributed by atoms with Crippen LogP contribution in [-0.4, -0.2) is 15.9 Å². The first-order valence-corrected chi connectivity index (χ1v) is 5.14. The molecule has 0 fully saturated rings. The summed E-state index contributed by atoms with van der Waals surface area (Å²) in [6, 6.07) is 0. The molecule has 0 aromatic carbocycles. The highest BCUT2D eigenvalue weighted by atomic mass is 32.2. The molecule has 4 heteroatoms. The van der Waals surface area contributed by atoms with Crippen molar-refractivity contribution in [2.45, 2.75) is 27.2 Å². The van der Waals surface area contributed by atoms with Gasteiger partial charge < -0.3 is 4.18 Å². The first-order chi connectivity index (χ1) is 5.61. The molecule has 0 rings (SSSR count). The summed E-state index contributed by atoms with van der Waals surface area (Å²) in [4.78, 5) is 11.0. The lowest BCUT2D eigenvalue weighted by atomic mass is 10.2. The van der Waals surface area contributed by atoms with Gasteiger partial charge in [-0.1, -0.05) is 19.9 Å². The molecular formula is C8H14O3S. The first kappa shape index (κ1) is 11.4. The molecule has 0 aliphatic carbocycles. The molecule has 12 heavy (non-hydrogen) atoms. The van der Waals surface area contributed by atoms with Crippen LogP contribution >= 0.6 is 0 Å². The van der Waals surface area contributed by atoms with Crippen molar-refractivity contribution in [3.63, 3.8) is 0 Å². The number of carbonyl (C=O) groups excluding carboxylic acids is 1. The number of hydrogen-bond acceptors (Lipinski definition) is 3. The van der Waals surface area contributed by atoms with E-state index in [9.17, 15) is 9.00 Å². The minimum absolute atomic E-state index is 0.338. The van der Waals surface area contributed by atoms with Gasteiger partial charge >= 0.3 is 5.97 Å². The van der Waals surface area contributed by atoms with Gasteiger partial charge in [-0.25, -0.2) is 9.00 Å².